The topological polar surface area (TPSA) is 15.3 Å². The van der Waals surface area contributed by atoms with Crippen LogP contribution in [0, 0.1) is 5.92 Å². The zero-order valence-corrected chi connectivity index (χ0v) is 11.0. The van der Waals surface area contributed by atoms with Gasteiger partial charge in [0.05, 0.1) is 0 Å². The zero-order valence-electron chi connectivity index (χ0n) is 11.0. The molecule has 2 nitrogen and oxygen atoms in total. The normalized spacial score (nSPS) is 31.5. The van der Waals surface area contributed by atoms with E-state index in [1.54, 1.807) is 0 Å². The highest BCUT2D eigenvalue weighted by Crippen LogP contribution is 2.23. The maximum absolute atomic E-state index is 3.70. The number of piperidine rings is 2. The Labute approximate surface area is 101 Å². The van der Waals surface area contributed by atoms with E-state index in [0.717, 1.165) is 18.0 Å². The first kappa shape index (κ1) is 12.4. The van der Waals surface area contributed by atoms with Crippen molar-refractivity contribution < 1.29 is 0 Å². The summed E-state index contributed by atoms with van der Waals surface area (Å²) in [7, 11) is 0. The summed E-state index contributed by atoms with van der Waals surface area (Å²) in [6.07, 6.45) is 8.41. The Kier molecular flexibility index (Phi) is 4.66. The van der Waals surface area contributed by atoms with E-state index in [1.807, 2.05) is 0 Å². The second-order valence-electron chi connectivity index (χ2n) is 5.68. The Morgan fingerprint density at radius 1 is 1.19 bits per heavy atom. The number of likely N-dealkylation sites (tertiary alicyclic amines) is 1. The summed E-state index contributed by atoms with van der Waals surface area (Å²) >= 11 is 0. The van der Waals surface area contributed by atoms with Crippen LogP contribution in [0.1, 0.15) is 52.4 Å². The SMILES string of the molecule is CCC1CCN(C(C)C2CCCCN2)CC1. The number of hydrogen-bond acceptors (Lipinski definition) is 2. The first-order chi connectivity index (χ1) is 7.81. The van der Waals surface area contributed by atoms with Crippen LogP contribution in [-0.4, -0.2) is 36.6 Å². The van der Waals surface area contributed by atoms with Crippen LogP contribution in [0.3, 0.4) is 0 Å². The van der Waals surface area contributed by atoms with Crippen molar-refractivity contribution in [2.45, 2.75) is 64.5 Å². The minimum atomic E-state index is 0.748. The molecular weight excluding hydrogens is 196 g/mol. The van der Waals surface area contributed by atoms with Gasteiger partial charge in [-0.15, -0.1) is 0 Å². The fraction of sp³-hybridized carbons (Fsp3) is 1.00. The van der Waals surface area contributed by atoms with Gasteiger partial charge in [0.25, 0.3) is 0 Å². The zero-order chi connectivity index (χ0) is 11.4. The molecule has 2 fully saturated rings. The van der Waals surface area contributed by atoms with Crippen molar-refractivity contribution in [1.29, 1.82) is 0 Å². The number of nitrogens with one attached hydrogen (secondary N) is 1. The van der Waals surface area contributed by atoms with Crippen molar-refractivity contribution >= 4 is 0 Å². The van der Waals surface area contributed by atoms with Crippen molar-refractivity contribution in [3.8, 4) is 0 Å². The Morgan fingerprint density at radius 3 is 2.50 bits per heavy atom. The van der Waals surface area contributed by atoms with Crippen molar-refractivity contribution in [3.05, 3.63) is 0 Å². The molecule has 0 amide bonds. The number of nitrogens with zero attached hydrogens (tertiary/aromatic N) is 1. The van der Waals surface area contributed by atoms with E-state index in [-0.39, 0.29) is 0 Å². The molecule has 0 radical (unpaired) electrons. The van der Waals surface area contributed by atoms with E-state index in [9.17, 15) is 0 Å². The third-order valence-corrected chi connectivity index (χ3v) is 4.73. The lowest BCUT2D eigenvalue weighted by atomic mass is 9.91. The molecule has 0 aromatic carbocycles. The predicted octanol–water partition coefficient (Wildman–Crippen LogP) is 2.64. The van der Waals surface area contributed by atoms with Crippen LogP contribution in [0.15, 0.2) is 0 Å². The molecule has 1 N–H and O–H groups in total. The molecule has 2 aliphatic heterocycles. The van der Waals surface area contributed by atoms with Gasteiger partial charge >= 0.3 is 0 Å². The van der Waals surface area contributed by atoms with Gasteiger partial charge in [-0.2, -0.15) is 0 Å². The Morgan fingerprint density at radius 2 is 1.94 bits per heavy atom. The van der Waals surface area contributed by atoms with E-state index < -0.39 is 0 Å². The molecule has 0 aliphatic carbocycles. The van der Waals surface area contributed by atoms with E-state index in [0.29, 0.717) is 0 Å². The smallest absolute Gasteiger partial charge is 0.0221 e. The van der Waals surface area contributed by atoms with Gasteiger partial charge < -0.3 is 5.32 Å². The molecule has 0 aromatic heterocycles. The van der Waals surface area contributed by atoms with Crippen LogP contribution in [0.5, 0.6) is 0 Å². The first-order valence-corrected chi connectivity index (χ1v) is 7.28. The molecule has 0 aromatic rings. The van der Waals surface area contributed by atoms with Crippen LogP contribution >= 0.6 is 0 Å². The van der Waals surface area contributed by atoms with Crippen LogP contribution in [0.2, 0.25) is 0 Å². The molecule has 0 bridgehead atoms. The van der Waals surface area contributed by atoms with Crippen molar-refractivity contribution in [1.82, 2.24) is 10.2 Å². The van der Waals surface area contributed by atoms with Crippen LogP contribution < -0.4 is 5.32 Å². The van der Waals surface area contributed by atoms with Crippen molar-refractivity contribution in [3.63, 3.8) is 0 Å². The van der Waals surface area contributed by atoms with E-state index >= 15 is 0 Å². The van der Waals surface area contributed by atoms with E-state index in [1.165, 1.54) is 58.2 Å². The number of hydrogen-bond donors (Lipinski definition) is 1. The molecule has 0 spiro atoms. The Bertz CT molecular complexity index is 191. The highest BCUT2D eigenvalue weighted by Gasteiger charge is 2.27. The largest absolute Gasteiger partial charge is 0.312 e. The number of rotatable bonds is 3. The van der Waals surface area contributed by atoms with Crippen LogP contribution in [-0.2, 0) is 0 Å². The fourth-order valence-corrected chi connectivity index (χ4v) is 3.31. The standard InChI is InChI=1S/C14H28N2/c1-3-13-7-10-16(11-8-13)12(2)14-6-4-5-9-15-14/h12-15H,3-11H2,1-2H3. The van der Waals surface area contributed by atoms with Gasteiger partial charge in [0.15, 0.2) is 0 Å². The molecule has 2 aliphatic rings. The summed E-state index contributed by atoms with van der Waals surface area (Å²) in [5, 5.41) is 3.70. The molecule has 2 atom stereocenters. The second-order valence-corrected chi connectivity index (χ2v) is 5.68. The molecule has 94 valence electrons. The van der Waals surface area contributed by atoms with Gasteiger partial charge in [-0.3, -0.25) is 4.90 Å². The molecule has 2 unspecified atom stereocenters. The molecule has 16 heavy (non-hydrogen) atoms. The summed E-state index contributed by atoms with van der Waals surface area (Å²) in [6.45, 7) is 8.66. The summed E-state index contributed by atoms with van der Waals surface area (Å²) in [6, 6.07) is 1.50. The quantitative estimate of drug-likeness (QED) is 0.793. The van der Waals surface area contributed by atoms with Crippen molar-refractivity contribution in [2.75, 3.05) is 19.6 Å². The fourth-order valence-electron chi connectivity index (χ4n) is 3.31. The van der Waals surface area contributed by atoms with Gasteiger partial charge in [-0.05, 0) is 58.2 Å². The summed E-state index contributed by atoms with van der Waals surface area (Å²) in [5.74, 6) is 1.00. The van der Waals surface area contributed by atoms with E-state index in [4.69, 9.17) is 0 Å². The Hall–Kier alpha value is -0.0800. The van der Waals surface area contributed by atoms with Gasteiger partial charge in [0.2, 0.25) is 0 Å². The lowest BCUT2D eigenvalue weighted by molar-refractivity contribution is 0.106. The first-order valence-electron chi connectivity index (χ1n) is 7.28. The lowest BCUT2D eigenvalue weighted by Crippen LogP contribution is -2.52. The average Bonchev–Trinajstić information content (AvgIpc) is 2.39. The lowest BCUT2D eigenvalue weighted by Gasteiger charge is -2.41. The van der Waals surface area contributed by atoms with Crippen LogP contribution in [0.4, 0.5) is 0 Å². The van der Waals surface area contributed by atoms with Gasteiger partial charge in [0, 0.05) is 12.1 Å². The summed E-state index contributed by atoms with van der Waals surface area (Å²) < 4.78 is 0. The molecule has 0 saturated carbocycles. The highest BCUT2D eigenvalue weighted by molar-refractivity contribution is 4.86. The monoisotopic (exact) mass is 224 g/mol. The van der Waals surface area contributed by atoms with Crippen molar-refractivity contribution in [2.24, 2.45) is 5.92 Å². The summed E-state index contributed by atoms with van der Waals surface area (Å²) in [4.78, 5) is 2.72. The maximum Gasteiger partial charge on any atom is 0.0221 e. The molecule has 2 heterocycles. The molecule has 2 saturated heterocycles. The van der Waals surface area contributed by atoms with Crippen LogP contribution in [0.25, 0.3) is 0 Å². The highest BCUT2D eigenvalue weighted by atomic mass is 15.2. The third kappa shape index (κ3) is 2.98. The van der Waals surface area contributed by atoms with E-state index in [2.05, 4.69) is 24.1 Å². The third-order valence-electron chi connectivity index (χ3n) is 4.73. The molecular formula is C14H28N2. The minimum absolute atomic E-state index is 0.748. The average molecular weight is 224 g/mol. The second kappa shape index (κ2) is 6.02. The van der Waals surface area contributed by atoms with Gasteiger partial charge in [-0.25, -0.2) is 0 Å². The minimum Gasteiger partial charge on any atom is -0.312 e. The molecule has 2 rings (SSSR count). The predicted molar refractivity (Wildman–Crippen MR) is 69.7 cm³/mol. The Balaban J connectivity index is 1.78. The van der Waals surface area contributed by atoms with Gasteiger partial charge in [-0.1, -0.05) is 19.8 Å². The molecule has 2 heteroatoms. The summed E-state index contributed by atoms with van der Waals surface area (Å²) in [5.41, 5.74) is 0. The van der Waals surface area contributed by atoms with Gasteiger partial charge in [0.1, 0.15) is 0 Å². The maximum atomic E-state index is 3.70.